The first-order chi connectivity index (χ1) is 12.1. The number of benzene rings is 1. The Kier molecular flexibility index (Phi) is 3.89. The van der Waals surface area contributed by atoms with Crippen molar-refractivity contribution in [3.8, 4) is 5.75 Å². The van der Waals surface area contributed by atoms with Crippen molar-refractivity contribution in [3.05, 3.63) is 48.5 Å². The van der Waals surface area contributed by atoms with E-state index in [0.29, 0.717) is 18.1 Å². The minimum Gasteiger partial charge on any atom is -0.497 e. The van der Waals surface area contributed by atoms with E-state index >= 15 is 0 Å². The minimum absolute atomic E-state index is 0.254. The van der Waals surface area contributed by atoms with Crippen molar-refractivity contribution in [1.82, 2.24) is 23.9 Å². The van der Waals surface area contributed by atoms with E-state index in [0.717, 1.165) is 18.5 Å². The molecule has 0 radical (unpaired) electrons. The molecule has 0 amide bonds. The van der Waals surface area contributed by atoms with Crippen molar-refractivity contribution < 1.29 is 13.2 Å². The molecule has 1 fully saturated rings. The highest BCUT2D eigenvalue weighted by atomic mass is 32.2. The average molecular weight is 359 g/mol. The molecule has 0 N–H and O–H groups in total. The third-order valence-electron chi connectivity index (χ3n) is 4.42. The zero-order valence-electron chi connectivity index (χ0n) is 13.6. The molecule has 25 heavy (non-hydrogen) atoms. The second kappa shape index (κ2) is 6.08. The van der Waals surface area contributed by atoms with Gasteiger partial charge in [0.05, 0.1) is 23.7 Å². The van der Waals surface area contributed by atoms with Crippen LogP contribution in [0.4, 0.5) is 0 Å². The fourth-order valence-corrected chi connectivity index (χ4v) is 4.88. The van der Waals surface area contributed by atoms with Crippen molar-refractivity contribution >= 4 is 15.8 Å². The molecule has 8 nitrogen and oxygen atoms in total. The SMILES string of the molecule is COc1ccc(S(=O)(=O)N2CCC[C@H]2c2ccnc3ncnn23)cc1. The van der Waals surface area contributed by atoms with Gasteiger partial charge < -0.3 is 4.74 Å². The van der Waals surface area contributed by atoms with E-state index in [2.05, 4.69) is 15.1 Å². The summed E-state index contributed by atoms with van der Waals surface area (Å²) in [4.78, 5) is 8.47. The van der Waals surface area contributed by atoms with Crippen LogP contribution in [-0.2, 0) is 10.0 Å². The molecule has 2 aromatic heterocycles. The Hall–Kier alpha value is -2.52. The van der Waals surface area contributed by atoms with Gasteiger partial charge in [-0.15, -0.1) is 0 Å². The van der Waals surface area contributed by atoms with Gasteiger partial charge >= 0.3 is 0 Å². The van der Waals surface area contributed by atoms with Crippen LogP contribution in [0, 0.1) is 0 Å². The van der Waals surface area contributed by atoms with Gasteiger partial charge in [0.15, 0.2) is 0 Å². The summed E-state index contributed by atoms with van der Waals surface area (Å²) in [6, 6.07) is 7.95. The first kappa shape index (κ1) is 16.0. The smallest absolute Gasteiger partial charge is 0.252 e. The van der Waals surface area contributed by atoms with Crippen LogP contribution < -0.4 is 4.74 Å². The van der Waals surface area contributed by atoms with Crippen LogP contribution in [-0.4, -0.2) is 46.0 Å². The van der Waals surface area contributed by atoms with E-state index < -0.39 is 10.0 Å². The third-order valence-corrected chi connectivity index (χ3v) is 6.34. The Labute approximate surface area is 145 Å². The highest BCUT2D eigenvalue weighted by Crippen LogP contribution is 2.36. The Morgan fingerprint density at radius 2 is 1.96 bits per heavy atom. The topological polar surface area (TPSA) is 89.7 Å². The fourth-order valence-electron chi connectivity index (χ4n) is 3.22. The monoisotopic (exact) mass is 359 g/mol. The van der Waals surface area contributed by atoms with E-state index in [1.807, 2.05) is 0 Å². The number of nitrogens with zero attached hydrogens (tertiary/aromatic N) is 5. The van der Waals surface area contributed by atoms with Gasteiger partial charge in [-0.25, -0.2) is 13.4 Å². The number of hydrogen-bond acceptors (Lipinski definition) is 6. The Morgan fingerprint density at radius 1 is 1.16 bits per heavy atom. The summed E-state index contributed by atoms with van der Waals surface area (Å²) < 4.78 is 34.5. The highest BCUT2D eigenvalue weighted by molar-refractivity contribution is 7.89. The Morgan fingerprint density at radius 3 is 2.72 bits per heavy atom. The lowest BCUT2D eigenvalue weighted by Crippen LogP contribution is -2.31. The number of aromatic nitrogens is 4. The molecule has 130 valence electrons. The molecule has 0 bridgehead atoms. The molecule has 0 unspecified atom stereocenters. The highest BCUT2D eigenvalue weighted by Gasteiger charge is 2.37. The van der Waals surface area contributed by atoms with Crippen LogP contribution >= 0.6 is 0 Å². The van der Waals surface area contributed by atoms with Gasteiger partial charge in [-0.3, -0.25) is 0 Å². The summed E-state index contributed by atoms with van der Waals surface area (Å²) in [6.45, 7) is 0.470. The molecular formula is C16H17N5O3S. The molecule has 1 aromatic carbocycles. The van der Waals surface area contributed by atoms with Crippen molar-refractivity contribution in [2.24, 2.45) is 0 Å². The predicted octanol–water partition coefficient (Wildman–Crippen LogP) is 1.66. The van der Waals surface area contributed by atoms with Crippen LogP contribution in [0.1, 0.15) is 24.6 Å². The lowest BCUT2D eigenvalue weighted by molar-refractivity contribution is 0.385. The average Bonchev–Trinajstić information content (AvgIpc) is 3.30. The lowest BCUT2D eigenvalue weighted by Gasteiger charge is -2.24. The van der Waals surface area contributed by atoms with E-state index in [4.69, 9.17) is 4.74 Å². The molecule has 0 spiro atoms. The van der Waals surface area contributed by atoms with Gasteiger partial charge in [-0.2, -0.15) is 18.9 Å². The third kappa shape index (κ3) is 2.65. The maximum Gasteiger partial charge on any atom is 0.252 e. The largest absolute Gasteiger partial charge is 0.497 e. The molecule has 0 aliphatic carbocycles. The fraction of sp³-hybridized carbons (Fsp3) is 0.312. The molecule has 3 heterocycles. The number of methoxy groups -OCH3 is 1. The molecular weight excluding hydrogens is 342 g/mol. The molecule has 3 aromatic rings. The van der Waals surface area contributed by atoms with Gasteiger partial charge in [0.2, 0.25) is 10.0 Å². The maximum absolute atomic E-state index is 13.1. The number of fused-ring (bicyclic) bond motifs is 1. The zero-order chi connectivity index (χ0) is 17.4. The van der Waals surface area contributed by atoms with Crippen molar-refractivity contribution in [2.75, 3.05) is 13.7 Å². The first-order valence-electron chi connectivity index (χ1n) is 7.92. The number of hydrogen-bond donors (Lipinski definition) is 0. The summed E-state index contributed by atoms with van der Waals surface area (Å²) in [7, 11) is -2.07. The lowest BCUT2D eigenvalue weighted by atomic mass is 10.1. The molecule has 9 heteroatoms. The quantitative estimate of drug-likeness (QED) is 0.704. The summed E-state index contributed by atoms with van der Waals surface area (Å²) in [6.07, 6.45) is 4.58. The van der Waals surface area contributed by atoms with E-state index in [1.54, 1.807) is 48.2 Å². The summed E-state index contributed by atoms with van der Waals surface area (Å²) in [5.41, 5.74) is 0.775. The normalized spacial score (nSPS) is 18.7. The van der Waals surface area contributed by atoms with Gasteiger partial charge in [0.25, 0.3) is 5.78 Å². The van der Waals surface area contributed by atoms with E-state index in [9.17, 15) is 8.42 Å². The van der Waals surface area contributed by atoms with Gasteiger partial charge in [0, 0.05) is 12.7 Å². The van der Waals surface area contributed by atoms with Crippen LogP contribution in [0.5, 0.6) is 5.75 Å². The van der Waals surface area contributed by atoms with E-state index in [1.165, 1.54) is 10.6 Å². The summed E-state index contributed by atoms with van der Waals surface area (Å²) >= 11 is 0. The predicted molar refractivity (Wildman–Crippen MR) is 89.6 cm³/mol. The van der Waals surface area contributed by atoms with Gasteiger partial charge in [-0.05, 0) is 43.2 Å². The van der Waals surface area contributed by atoms with Crippen LogP contribution in [0.25, 0.3) is 5.78 Å². The molecule has 4 rings (SSSR count). The van der Waals surface area contributed by atoms with Crippen molar-refractivity contribution in [1.29, 1.82) is 0 Å². The first-order valence-corrected chi connectivity index (χ1v) is 9.36. The number of sulfonamides is 1. The number of ether oxygens (including phenoxy) is 1. The summed E-state index contributed by atoms with van der Waals surface area (Å²) in [5.74, 6) is 1.08. The van der Waals surface area contributed by atoms with Crippen LogP contribution in [0.15, 0.2) is 47.8 Å². The molecule has 1 saturated heterocycles. The standard InChI is InChI=1S/C16H17N5O3S/c1-24-12-4-6-13(7-5-12)25(22,23)20-10-2-3-14(20)15-8-9-17-16-18-11-19-21(15)16/h4-9,11,14H,2-3,10H2,1H3/t14-/m0/s1. The molecule has 1 atom stereocenters. The van der Waals surface area contributed by atoms with Gasteiger partial charge in [-0.1, -0.05) is 0 Å². The molecule has 1 aliphatic rings. The zero-order valence-corrected chi connectivity index (χ0v) is 14.4. The van der Waals surface area contributed by atoms with E-state index in [-0.39, 0.29) is 10.9 Å². The molecule has 1 aliphatic heterocycles. The second-order valence-corrected chi connectivity index (χ2v) is 7.68. The van der Waals surface area contributed by atoms with Crippen molar-refractivity contribution in [2.45, 2.75) is 23.8 Å². The number of rotatable bonds is 4. The van der Waals surface area contributed by atoms with Crippen LogP contribution in [0.3, 0.4) is 0 Å². The van der Waals surface area contributed by atoms with Crippen LogP contribution in [0.2, 0.25) is 0 Å². The minimum atomic E-state index is -3.62. The van der Waals surface area contributed by atoms with Crippen molar-refractivity contribution in [3.63, 3.8) is 0 Å². The summed E-state index contributed by atoms with van der Waals surface area (Å²) in [5, 5.41) is 4.18. The maximum atomic E-state index is 13.1. The van der Waals surface area contributed by atoms with Gasteiger partial charge in [0.1, 0.15) is 12.1 Å². The molecule has 0 saturated carbocycles. The Bertz CT molecular complexity index is 1000. The second-order valence-electron chi connectivity index (χ2n) is 5.79. The Balaban J connectivity index is 1.74.